The fourth-order valence-electron chi connectivity index (χ4n) is 4.32. The largest absolute Gasteiger partial charge is 0.444 e. The Morgan fingerprint density at radius 3 is 2.27 bits per heavy atom. The van der Waals surface area contributed by atoms with Gasteiger partial charge in [-0.05, 0) is 71.3 Å². The van der Waals surface area contributed by atoms with E-state index in [-0.39, 0.29) is 6.09 Å². The summed E-state index contributed by atoms with van der Waals surface area (Å²) in [4.78, 5) is 16.8. The third kappa shape index (κ3) is 3.58. The lowest BCUT2D eigenvalue weighted by atomic mass is 10.0. The summed E-state index contributed by atoms with van der Waals surface area (Å²) >= 11 is 0. The first-order chi connectivity index (χ1) is 10.3. The van der Waals surface area contributed by atoms with E-state index in [1.165, 1.54) is 25.8 Å². The van der Waals surface area contributed by atoms with E-state index < -0.39 is 5.60 Å². The third-order valence-corrected chi connectivity index (χ3v) is 5.59. The van der Waals surface area contributed by atoms with Gasteiger partial charge in [0, 0.05) is 25.2 Å². The number of piperidine rings is 1. The first-order valence-electron chi connectivity index (χ1n) is 9.09. The van der Waals surface area contributed by atoms with E-state index in [9.17, 15) is 4.79 Å². The Kier molecular flexibility index (Phi) is 4.41. The average Bonchev–Trinajstić information content (AvgIpc) is 2.98. The van der Waals surface area contributed by atoms with E-state index in [0.717, 1.165) is 43.8 Å². The van der Waals surface area contributed by atoms with Crippen LogP contribution in [0.4, 0.5) is 4.79 Å². The zero-order valence-electron chi connectivity index (χ0n) is 14.7. The van der Waals surface area contributed by atoms with Gasteiger partial charge < -0.3 is 9.64 Å². The number of rotatable bonds is 2. The van der Waals surface area contributed by atoms with Crippen LogP contribution in [0.3, 0.4) is 0 Å². The van der Waals surface area contributed by atoms with Gasteiger partial charge in [-0.25, -0.2) is 4.79 Å². The fourth-order valence-corrected chi connectivity index (χ4v) is 4.32. The molecule has 0 aromatic carbocycles. The van der Waals surface area contributed by atoms with Gasteiger partial charge in [-0.15, -0.1) is 0 Å². The maximum Gasteiger partial charge on any atom is 0.410 e. The standard InChI is InChI=1S/C18H32N2O2/c1-13-12-15(13)16-6-5-9-20(16)14-7-10-19(11-8-14)17(21)22-18(2,3)4/h13-16H,5-12H2,1-4H3. The monoisotopic (exact) mass is 308 g/mol. The van der Waals surface area contributed by atoms with Gasteiger partial charge in [0.05, 0.1) is 0 Å². The molecule has 3 fully saturated rings. The first kappa shape index (κ1) is 16.1. The zero-order chi connectivity index (χ0) is 15.9. The molecular weight excluding hydrogens is 276 g/mol. The van der Waals surface area contributed by atoms with Crippen molar-refractivity contribution in [2.75, 3.05) is 19.6 Å². The molecule has 2 saturated heterocycles. The molecule has 3 rings (SSSR count). The van der Waals surface area contributed by atoms with Gasteiger partial charge in [-0.1, -0.05) is 6.92 Å². The molecule has 3 atom stereocenters. The van der Waals surface area contributed by atoms with Crippen molar-refractivity contribution in [1.29, 1.82) is 0 Å². The summed E-state index contributed by atoms with van der Waals surface area (Å²) in [7, 11) is 0. The van der Waals surface area contributed by atoms with Gasteiger partial charge in [-0.2, -0.15) is 0 Å². The molecular formula is C18H32N2O2. The molecule has 2 aliphatic heterocycles. The van der Waals surface area contributed by atoms with Crippen LogP contribution in [0.1, 0.15) is 59.8 Å². The topological polar surface area (TPSA) is 32.8 Å². The molecule has 4 nitrogen and oxygen atoms in total. The lowest BCUT2D eigenvalue weighted by Gasteiger charge is -2.40. The van der Waals surface area contributed by atoms with E-state index >= 15 is 0 Å². The normalized spacial score (nSPS) is 34.0. The number of likely N-dealkylation sites (tertiary alicyclic amines) is 2. The first-order valence-corrected chi connectivity index (χ1v) is 9.09. The second-order valence-corrected chi connectivity index (χ2v) is 8.52. The molecule has 3 unspecified atom stereocenters. The Hall–Kier alpha value is -0.770. The average molecular weight is 308 g/mol. The van der Waals surface area contributed by atoms with Crippen LogP contribution < -0.4 is 0 Å². The van der Waals surface area contributed by atoms with Crippen molar-refractivity contribution in [3.63, 3.8) is 0 Å². The maximum atomic E-state index is 12.2. The molecule has 126 valence electrons. The van der Waals surface area contributed by atoms with Crippen LogP contribution in [0.2, 0.25) is 0 Å². The molecule has 0 spiro atoms. The van der Waals surface area contributed by atoms with Crippen molar-refractivity contribution in [2.45, 2.75) is 77.5 Å². The Balaban J connectivity index is 1.50. The molecule has 2 heterocycles. The maximum absolute atomic E-state index is 12.2. The van der Waals surface area contributed by atoms with Gasteiger partial charge in [-0.3, -0.25) is 4.90 Å². The highest BCUT2D eigenvalue weighted by Gasteiger charge is 2.46. The molecule has 0 radical (unpaired) electrons. The van der Waals surface area contributed by atoms with Crippen molar-refractivity contribution >= 4 is 6.09 Å². The fraction of sp³-hybridized carbons (Fsp3) is 0.944. The van der Waals surface area contributed by atoms with E-state index in [0.29, 0.717) is 6.04 Å². The molecule has 1 saturated carbocycles. The van der Waals surface area contributed by atoms with Crippen LogP contribution in [0.15, 0.2) is 0 Å². The summed E-state index contributed by atoms with van der Waals surface area (Å²) in [6, 6.07) is 1.51. The Morgan fingerprint density at radius 2 is 1.73 bits per heavy atom. The van der Waals surface area contributed by atoms with E-state index in [1.54, 1.807) is 0 Å². The Labute approximate surface area is 135 Å². The number of carbonyl (C=O) groups is 1. The van der Waals surface area contributed by atoms with Crippen molar-refractivity contribution in [3.05, 3.63) is 0 Å². The van der Waals surface area contributed by atoms with Crippen LogP contribution in [-0.2, 0) is 4.74 Å². The molecule has 1 amide bonds. The van der Waals surface area contributed by atoms with Gasteiger partial charge in [0.1, 0.15) is 5.60 Å². The Bertz CT molecular complexity index is 410. The van der Waals surface area contributed by atoms with E-state index in [2.05, 4.69) is 11.8 Å². The molecule has 22 heavy (non-hydrogen) atoms. The smallest absolute Gasteiger partial charge is 0.410 e. The highest BCUT2D eigenvalue weighted by Crippen LogP contribution is 2.46. The van der Waals surface area contributed by atoms with Crippen molar-refractivity contribution < 1.29 is 9.53 Å². The summed E-state index contributed by atoms with van der Waals surface area (Å²) in [6.45, 7) is 11.2. The van der Waals surface area contributed by atoms with Crippen LogP contribution >= 0.6 is 0 Å². The predicted octanol–water partition coefficient (Wildman–Crippen LogP) is 3.51. The van der Waals surface area contributed by atoms with Crippen molar-refractivity contribution in [2.24, 2.45) is 11.8 Å². The summed E-state index contributed by atoms with van der Waals surface area (Å²) in [5, 5.41) is 0. The molecule has 0 bridgehead atoms. The minimum absolute atomic E-state index is 0.139. The minimum Gasteiger partial charge on any atom is -0.444 e. The number of ether oxygens (including phenoxy) is 1. The summed E-state index contributed by atoms with van der Waals surface area (Å²) < 4.78 is 5.49. The van der Waals surface area contributed by atoms with Gasteiger partial charge in [0.25, 0.3) is 0 Å². The second kappa shape index (κ2) is 6.03. The number of hydrogen-bond donors (Lipinski definition) is 0. The predicted molar refractivity (Wildman–Crippen MR) is 87.8 cm³/mol. The number of hydrogen-bond acceptors (Lipinski definition) is 3. The molecule has 0 aromatic heterocycles. The second-order valence-electron chi connectivity index (χ2n) is 8.52. The van der Waals surface area contributed by atoms with Crippen LogP contribution in [-0.4, -0.2) is 53.2 Å². The van der Waals surface area contributed by atoms with E-state index in [4.69, 9.17) is 4.74 Å². The van der Waals surface area contributed by atoms with Gasteiger partial charge >= 0.3 is 6.09 Å². The van der Waals surface area contributed by atoms with Crippen molar-refractivity contribution in [1.82, 2.24) is 9.80 Å². The van der Waals surface area contributed by atoms with Gasteiger partial charge in [0.2, 0.25) is 0 Å². The molecule has 4 heteroatoms. The van der Waals surface area contributed by atoms with Crippen LogP contribution in [0, 0.1) is 11.8 Å². The lowest BCUT2D eigenvalue weighted by Crippen LogP contribution is -2.49. The molecule has 3 aliphatic rings. The summed E-state index contributed by atoms with van der Waals surface area (Å²) in [5.74, 6) is 1.89. The zero-order valence-corrected chi connectivity index (χ0v) is 14.7. The quantitative estimate of drug-likeness (QED) is 0.782. The number of carbonyl (C=O) groups excluding carboxylic acids is 1. The third-order valence-electron chi connectivity index (χ3n) is 5.59. The van der Waals surface area contributed by atoms with E-state index in [1.807, 2.05) is 25.7 Å². The lowest BCUT2D eigenvalue weighted by molar-refractivity contribution is 0.0127. The van der Waals surface area contributed by atoms with Gasteiger partial charge in [0.15, 0.2) is 0 Å². The highest BCUT2D eigenvalue weighted by atomic mass is 16.6. The summed E-state index contributed by atoms with van der Waals surface area (Å²) in [6.07, 6.45) is 6.26. The number of nitrogens with zero attached hydrogens (tertiary/aromatic N) is 2. The highest BCUT2D eigenvalue weighted by molar-refractivity contribution is 5.68. The molecule has 0 aromatic rings. The molecule has 1 aliphatic carbocycles. The Morgan fingerprint density at radius 1 is 1.09 bits per heavy atom. The van der Waals surface area contributed by atoms with Crippen LogP contribution in [0.5, 0.6) is 0 Å². The number of amides is 1. The summed E-state index contributed by atoms with van der Waals surface area (Å²) in [5.41, 5.74) is -0.393. The molecule has 0 N–H and O–H groups in total. The SMILES string of the molecule is CC1CC1C1CCCN1C1CCN(C(=O)OC(C)(C)C)CC1. The van der Waals surface area contributed by atoms with Crippen molar-refractivity contribution in [3.8, 4) is 0 Å². The minimum atomic E-state index is -0.393. The van der Waals surface area contributed by atoms with Crippen LogP contribution in [0.25, 0.3) is 0 Å².